The lowest BCUT2D eigenvalue weighted by Gasteiger charge is -2.49. The number of carbonyl (C=O) groups is 3. The Labute approximate surface area is 257 Å². The van der Waals surface area contributed by atoms with Crippen LogP contribution in [-0.2, 0) is 36.7 Å². The molecule has 1 saturated heterocycles. The van der Waals surface area contributed by atoms with Gasteiger partial charge in [-0.05, 0) is 40.0 Å². The molecular formula is C34H28N2O5S2. The van der Waals surface area contributed by atoms with Crippen LogP contribution in [0.5, 0.6) is 0 Å². The van der Waals surface area contributed by atoms with Gasteiger partial charge in [0.1, 0.15) is 11.4 Å². The normalized spacial score (nSPS) is 19.4. The van der Waals surface area contributed by atoms with Gasteiger partial charge in [0, 0.05) is 4.90 Å². The van der Waals surface area contributed by atoms with E-state index in [0.29, 0.717) is 4.91 Å². The zero-order valence-corrected chi connectivity index (χ0v) is 24.6. The molecule has 2 aliphatic heterocycles. The SMILES string of the molecule is O=C(Cc1ccccc1)N[C@@H]1C(=O)N2C(C(=O)OC(c3ccccc3)c3ccccc3)=C(Sc3ccccc3)C[S+]([O-])[C@@H]12. The summed E-state index contributed by atoms with van der Waals surface area (Å²) in [5.41, 5.74) is 2.41. The van der Waals surface area contributed by atoms with Crippen LogP contribution >= 0.6 is 11.8 Å². The van der Waals surface area contributed by atoms with Crippen LogP contribution in [0.15, 0.2) is 137 Å². The minimum absolute atomic E-state index is 0.0465. The van der Waals surface area contributed by atoms with E-state index in [2.05, 4.69) is 5.32 Å². The van der Waals surface area contributed by atoms with Gasteiger partial charge in [-0.15, -0.1) is 0 Å². The minimum Gasteiger partial charge on any atom is -0.614 e. The molecule has 1 N–H and O–H groups in total. The van der Waals surface area contributed by atoms with Crippen LogP contribution in [-0.4, -0.2) is 44.4 Å². The van der Waals surface area contributed by atoms with Crippen molar-refractivity contribution in [3.8, 4) is 0 Å². The summed E-state index contributed by atoms with van der Waals surface area (Å²) >= 11 is -0.277. The van der Waals surface area contributed by atoms with Crippen LogP contribution < -0.4 is 5.32 Å². The van der Waals surface area contributed by atoms with Crippen molar-refractivity contribution in [1.29, 1.82) is 0 Å². The standard InChI is InChI=1S/C34H28N2O5S2/c37-28(21-23-13-5-1-6-14-23)35-29-32(38)36-30(27(22-43(40)33(29)36)42-26-19-11-4-12-20-26)34(39)41-31(24-15-7-2-8-16-24)25-17-9-3-10-18-25/h1-20,29,31,33H,21-22H2,(H,35,37)/t29-,33+,43?/m1/s1. The fraction of sp³-hybridized carbons (Fsp3) is 0.147. The fourth-order valence-corrected chi connectivity index (χ4v) is 8.13. The van der Waals surface area contributed by atoms with Gasteiger partial charge in [-0.25, -0.2) is 4.79 Å². The van der Waals surface area contributed by atoms with Crippen LogP contribution in [0.1, 0.15) is 22.8 Å². The zero-order chi connectivity index (χ0) is 29.8. The number of esters is 1. The number of nitrogens with one attached hydrogen (secondary N) is 1. The number of hydrogen-bond acceptors (Lipinski definition) is 6. The third-order valence-corrected chi connectivity index (χ3v) is 10.1. The highest BCUT2D eigenvalue weighted by molar-refractivity contribution is 8.04. The molecular weight excluding hydrogens is 581 g/mol. The number of carbonyl (C=O) groups excluding carboxylic acids is 3. The van der Waals surface area contributed by atoms with Gasteiger partial charge in [0.15, 0.2) is 12.1 Å². The Morgan fingerprint density at radius 2 is 1.40 bits per heavy atom. The number of thioether (sulfide) groups is 1. The lowest BCUT2D eigenvalue weighted by molar-refractivity contribution is -0.154. The summed E-state index contributed by atoms with van der Waals surface area (Å²) in [6, 6.07) is 36.4. The number of rotatable bonds is 9. The molecule has 9 heteroatoms. The maximum absolute atomic E-state index is 14.1. The minimum atomic E-state index is -1.56. The fourth-order valence-electron chi connectivity index (χ4n) is 5.19. The van der Waals surface area contributed by atoms with Crippen molar-refractivity contribution < 1.29 is 23.7 Å². The Balaban J connectivity index is 1.31. The van der Waals surface area contributed by atoms with E-state index in [0.717, 1.165) is 21.6 Å². The Hall–Kier alpha value is -4.31. The Morgan fingerprint density at radius 3 is 1.98 bits per heavy atom. The summed E-state index contributed by atoms with van der Waals surface area (Å²) < 4.78 is 19.7. The van der Waals surface area contributed by atoms with Crippen LogP contribution in [0.2, 0.25) is 0 Å². The van der Waals surface area contributed by atoms with E-state index < -0.39 is 40.6 Å². The van der Waals surface area contributed by atoms with Crippen LogP contribution in [0.3, 0.4) is 0 Å². The summed E-state index contributed by atoms with van der Waals surface area (Å²) in [6.45, 7) is 0. The molecule has 0 bridgehead atoms. The highest BCUT2D eigenvalue weighted by atomic mass is 32.2. The molecule has 2 aliphatic rings. The molecule has 3 atom stereocenters. The van der Waals surface area contributed by atoms with E-state index in [1.807, 2.05) is 121 Å². The zero-order valence-electron chi connectivity index (χ0n) is 23.0. The van der Waals surface area contributed by atoms with Crippen molar-refractivity contribution >= 4 is 40.7 Å². The quantitative estimate of drug-likeness (QED) is 0.164. The molecule has 4 aromatic carbocycles. The second-order valence-corrected chi connectivity index (χ2v) is 12.8. The van der Waals surface area contributed by atoms with Gasteiger partial charge in [-0.2, -0.15) is 0 Å². The van der Waals surface area contributed by atoms with Gasteiger partial charge in [0.25, 0.3) is 5.91 Å². The summed E-state index contributed by atoms with van der Waals surface area (Å²) in [7, 11) is 0. The molecule has 4 aromatic rings. The number of amides is 2. The first-order valence-electron chi connectivity index (χ1n) is 13.8. The summed E-state index contributed by atoms with van der Waals surface area (Å²) in [5, 5.41) is 1.88. The largest absolute Gasteiger partial charge is 0.614 e. The van der Waals surface area contributed by atoms with Crippen molar-refractivity contribution in [2.75, 3.05) is 5.75 Å². The predicted octanol–water partition coefficient (Wildman–Crippen LogP) is 4.98. The molecule has 0 saturated carbocycles. The molecule has 6 rings (SSSR count). The van der Waals surface area contributed by atoms with E-state index in [4.69, 9.17) is 4.74 Å². The van der Waals surface area contributed by atoms with Gasteiger partial charge in [0.2, 0.25) is 11.3 Å². The van der Waals surface area contributed by atoms with Crippen LogP contribution in [0, 0.1) is 0 Å². The lowest BCUT2D eigenvalue weighted by atomic mass is 10.0. The molecule has 7 nitrogen and oxygen atoms in total. The third-order valence-electron chi connectivity index (χ3n) is 7.22. The highest BCUT2D eigenvalue weighted by Gasteiger charge is 2.61. The summed E-state index contributed by atoms with van der Waals surface area (Å²) in [4.78, 5) is 43.1. The molecule has 0 aromatic heterocycles. The molecule has 43 heavy (non-hydrogen) atoms. The smallest absolute Gasteiger partial charge is 0.357 e. The molecule has 0 radical (unpaired) electrons. The lowest BCUT2D eigenvalue weighted by Crippen LogP contribution is -2.74. The first-order valence-corrected chi connectivity index (χ1v) is 16.0. The second kappa shape index (κ2) is 12.9. The van der Waals surface area contributed by atoms with Gasteiger partial charge < -0.3 is 14.6 Å². The van der Waals surface area contributed by atoms with E-state index >= 15 is 0 Å². The molecule has 2 amide bonds. The number of fused-ring (bicyclic) bond motifs is 1. The maximum Gasteiger partial charge on any atom is 0.357 e. The molecule has 0 spiro atoms. The third kappa shape index (κ3) is 6.24. The van der Waals surface area contributed by atoms with Crippen molar-refractivity contribution in [3.05, 3.63) is 149 Å². The highest BCUT2D eigenvalue weighted by Crippen LogP contribution is 2.43. The van der Waals surface area contributed by atoms with E-state index in [1.54, 1.807) is 0 Å². The van der Waals surface area contributed by atoms with Crippen molar-refractivity contribution in [3.63, 3.8) is 0 Å². The van der Waals surface area contributed by atoms with E-state index in [9.17, 15) is 18.9 Å². The van der Waals surface area contributed by atoms with Gasteiger partial charge in [0.05, 0.1) is 11.3 Å². The predicted molar refractivity (Wildman–Crippen MR) is 166 cm³/mol. The van der Waals surface area contributed by atoms with Crippen LogP contribution in [0.4, 0.5) is 0 Å². The topological polar surface area (TPSA) is 98.8 Å². The maximum atomic E-state index is 14.1. The first kappa shape index (κ1) is 28.8. The number of benzene rings is 4. The van der Waals surface area contributed by atoms with Gasteiger partial charge >= 0.3 is 5.97 Å². The molecule has 1 fully saturated rings. The van der Waals surface area contributed by atoms with E-state index in [-0.39, 0.29) is 23.8 Å². The summed E-state index contributed by atoms with van der Waals surface area (Å²) in [5.74, 6) is -1.49. The Bertz CT molecular complexity index is 1600. The first-order chi connectivity index (χ1) is 21.0. The van der Waals surface area contributed by atoms with Crippen LogP contribution in [0.25, 0.3) is 0 Å². The summed E-state index contributed by atoms with van der Waals surface area (Å²) in [6.07, 6.45) is -0.645. The Kier molecular flexibility index (Phi) is 8.64. The average Bonchev–Trinajstić information content (AvgIpc) is 3.04. The Morgan fingerprint density at radius 1 is 0.860 bits per heavy atom. The average molecular weight is 609 g/mol. The van der Waals surface area contributed by atoms with Crippen molar-refractivity contribution in [2.24, 2.45) is 0 Å². The monoisotopic (exact) mass is 608 g/mol. The number of ether oxygens (including phenoxy) is 1. The molecule has 1 unspecified atom stereocenters. The number of nitrogens with zero attached hydrogens (tertiary/aromatic N) is 1. The van der Waals surface area contributed by atoms with Crippen molar-refractivity contribution in [1.82, 2.24) is 10.2 Å². The van der Waals surface area contributed by atoms with Gasteiger partial charge in [-0.3, -0.25) is 14.5 Å². The van der Waals surface area contributed by atoms with Gasteiger partial charge in [-0.1, -0.05) is 121 Å². The molecule has 216 valence electrons. The number of β-lactam (4-membered cyclic amide) rings is 1. The molecule has 0 aliphatic carbocycles. The number of hydrogen-bond donors (Lipinski definition) is 1. The van der Waals surface area contributed by atoms with Crippen molar-refractivity contribution in [2.45, 2.75) is 28.8 Å². The van der Waals surface area contributed by atoms with E-state index in [1.165, 1.54) is 16.7 Å². The second-order valence-electron chi connectivity index (χ2n) is 10.1. The molecule has 2 heterocycles.